The van der Waals surface area contributed by atoms with Crippen molar-refractivity contribution in [3.05, 3.63) is 35.4 Å². The van der Waals surface area contributed by atoms with Gasteiger partial charge in [0, 0.05) is 32.7 Å². The molecule has 1 aromatic rings. The van der Waals surface area contributed by atoms with E-state index in [1.807, 2.05) is 18.2 Å². The first-order valence-corrected chi connectivity index (χ1v) is 7.58. The molecule has 0 unspecified atom stereocenters. The third-order valence-electron chi connectivity index (χ3n) is 4.97. The van der Waals surface area contributed by atoms with Gasteiger partial charge in [0.05, 0.1) is 12.7 Å². The Morgan fingerprint density at radius 3 is 2.90 bits per heavy atom. The number of nitrogens with zero attached hydrogens (tertiary/aromatic N) is 2. The molecule has 2 saturated heterocycles. The van der Waals surface area contributed by atoms with Crippen LogP contribution in [0.3, 0.4) is 0 Å². The lowest BCUT2D eigenvalue weighted by Gasteiger charge is -2.24. The molecule has 0 aromatic heterocycles. The van der Waals surface area contributed by atoms with Gasteiger partial charge in [-0.2, -0.15) is 0 Å². The Morgan fingerprint density at radius 2 is 2.19 bits per heavy atom. The summed E-state index contributed by atoms with van der Waals surface area (Å²) in [6.07, 6.45) is 0. The molecule has 4 nitrogen and oxygen atoms in total. The lowest BCUT2D eigenvalue weighted by atomic mass is 9.83. The highest BCUT2D eigenvalue weighted by Gasteiger charge is 2.47. The van der Waals surface area contributed by atoms with Crippen molar-refractivity contribution in [2.75, 3.05) is 40.3 Å². The minimum atomic E-state index is -0.260. The molecule has 0 aliphatic carbocycles. The van der Waals surface area contributed by atoms with Crippen LogP contribution in [0.25, 0.3) is 0 Å². The summed E-state index contributed by atoms with van der Waals surface area (Å²) in [4.78, 5) is 16.6. The molecule has 2 heterocycles. The molecule has 3 rings (SSSR count). The van der Waals surface area contributed by atoms with Gasteiger partial charge in [-0.15, -0.1) is 0 Å². The molecule has 21 heavy (non-hydrogen) atoms. The summed E-state index contributed by atoms with van der Waals surface area (Å²) < 4.78 is 4.79. The van der Waals surface area contributed by atoms with Gasteiger partial charge < -0.3 is 9.64 Å². The minimum Gasteiger partial charge on any atom is -0.465 e. The van der Waals surface area contributed by atoms with E-state index in [0.29, 0.717) is 11.0 Å². The largest absolute Gasteiger partial charge is 0.465 e. The van der Waals surface area contributed by atoms with Crippen molar-refractivity contribution in [1.29, 1.82) is 0 Å². The Labute approximate surface area is 126 Å². The summed E-state index contributed by atoms with van der Waals surface area (Å²) in [6, 6.07) is 7.79. The molecule has 0 bridgehead atoms. The van der Waals surface area contributed by atoms with Crippen molar-refractivity contribution in [2.45, 2.75) is 13.5 Å². The second kappa shape index (κ2) is 5.43. The van der Waals surface area contributed by atoms with Crippen molar-refractivity contribution in [2.24, 2.45) is 11.3 Å². The molecule has 2 aliphatic heterocycles. The second-order valence-electron chi connectivity index (χ2n) is 6.91. The number of likely N-dealkylation sites (tertiary alicyclic amines) is 2. The molecule has 0 radical (unpaired) electrons. The maximum absolute atomic E-state index is 11.6. The average molecular weight is 288 g/mol. The maximum atomic E-state index is 11.6. The molecule has 1 aromatic carbocycles. The third kappa shape index (κ3) is 2.83. The number of hydrogen-bond acceptors (Lipinski definition) is 4. The monoisotopic (exact) mass is 288 g/mol. The molecule has 4 heteroatoms. The molecular weight excluding hydrogens is 264 g/mol. The third-order valence-corrected chi connectivity index (χ3v) is 4.97. The van der Waals surface area contributed by atoms with Crippen LogP contribution in [0.4, 0.5) is 0 Å². The van der Waals surface area contributed by atoms with Crippen LogP contribution in [-0.2, 0) is 11.3 Å². The average Bonchev–Trinajstić information content (AvgIpc) is 2.87. The highest BCUT2D eigenvalue weighted by atomic mass is 16.5. The molecule has 0 N–H and O–H groups in total. The normalized spacial score (nSPS) is 29.6. The van der Waals surface area contributed by atoms with Gasteiger partial charge in [-0.1, -0.05) is 19.1 Å². The summed E-state index contributed by atoms with van der Waals surface area (Å²) in [5, 5.41) is 0. The Morgan fingerprint density at radius 1 is 1.38 bits per heavy atom. The second-order valence-corrected chi connectivity index (χ2v) is 6.91. The Balaban J connectivity index is 1.67. The van der Waals surface area contributed by atoms with Crippen LogP contribution in [0.1, 0.15) is 22.8 Å². The number of ether oxygens (including phenoxy) is 1. The SMILES string of the molecule is COC(=O)c1cccc(CN2C[C@@H]3CN(C)C[C@]3(C)C2)c1. The molecule has 2 atom stereocenters. The fourth-order valence-electron chi connectivity index (χ4n) is 4.04. The Kier molecular flexibility index (Phi) is 3.76. The van der Waals surface area contributed by atoms with E-state index >= 15 is 0 Å². The summed E-state index contributed by atoms with van der Waals surface area (Å²) in [5.41, 5.74) is 2.25. The standard InChI is InChI=1S/C17H24N2O2/c1-17-11-18(2)9-15(17)10-19(12-17)8-13-5-4-6-14(7-13)16(20)21-3/h4-7,15H,8-12H2,1-3H3/t15-,17+/m0/s1. The topological polar surface area (TPSA) is 32.8 Å². The Bertz CT molecular complexity index is 545. The van der Waals surface area contributed by atoms with Crippen molar-refractivity contribution < 1.29 is 9.53 Å². The minimum absolute atomic E-state index is 0.260. The fourth-order valence-corrected chi connectivity index (χ4v) is 4.04. The molecular formula is C17H24N2O2. The van der Waals surface area contributed by atoms with Crippen molar-refractivity contribution in [3.63, 3.8) is 0 Å². The van der Waals surface area contributed by atoms with Gasteiger partial charge in [0.1, 0.15) is 0 Å². The van der Waals surface area contributed by atoms with Crippen LogP contribution in [0.2, 0.25) is 0 Å². The first-order valence-electron chi connectivity index (χ1n) is 7.58. The Hall–Kier alpha value is -1.39. The first-order chi connectivity index (χ1) is 10.00. The van der Waals surface area contributed by atoms with Gasteiger partial charge in [0.2, 0.25) is 0 Å². The number of methoxy groups -OCH3 is 1. The lowest BCUT2D eigenvalue weighted by Crippen LogP contribution is -2.30. The summed E-state index contributed by atoms with van der Waals surface area (Å²) >= 11 is 0. The van der Waals surface area contributed by atoms with Crippen molar-refractivity contribution in [1.82, 2.24) is 9.80 Å². The highest BCUT2D eigenvalue weighted by Crippen LogP contribution is 2.41. The zero-order chi connectivity index (χ0) is 15.0. The summed E-state index contributed by atoms with van der Waals surface area (Å²) in [6.45, 7) is 8.02. The van der Waals surface area contributed by atoms with E-state index in [1.54, 1.807) is 0 Å². The number of hydrogen-bond donors (Lipinski definition) is 0. The number of esters is 1. The first kappa shape index (κ1) is 14.5. The number of carbonyl (C=O) groups excluding carboxylic acids is 1. The summed E-state index contributed by atoms with van der Waals surface area (Å²) in [7, 11) is 3.64. The molecule has 2 fully saturated rings. The van der Waals surface area contributed by atoms with E-state index in [9.17, 15) is 4.79 Å². The van der Waals surface area contributed by atoms with Gasteiger partial charge in [-0.25, -0.2) is 4.79 Å². The lowest BCUT2D eigenvalue weighted by molar-refractivity contribution is 0.0600. The summed E-state index contributed by atoms with van der Waals surface area (Å²) in [5.74, 6) is 0.509. The van der Waals surface area contributed by atoms with E-state index in [4.69, 9.17) is 4.74 Å². The molecule has 114 valence electrons. The fraction of sp³-hybridized carbons (Fsp3) is 0.588. The van der Waals surface area contributed by atoms with E-state index in [1.165, 1.54) is 25.8 Å². The van der Waals surface area contributed by atoms with Gasteiger partial charge >= 0.3 is 5.97 Å². The van der Waals surface area contributed by atoms with E-state index < -0.39 is 0 Å². The van der Waals surface area contributed by atoms with Gasteiger partial charge in [0.15, 0.2) is 0 Å². The van der Waals surface area contributed by atoms with Crippen molar-refractivity contribution in [3.8, 4) is 0 Å². The van der Waals surface area contributed by atoms with Crippen molar-refractivity contribution >= 4 is 5.97 Å². The number of carbonyl (C=O) groups is 1. The molecule has 0 saturated carbocycles. The number of fused-ring (bicyclic) bond motifs is 1. The van der Waals surface area contributed by atoms with Crippen LogP contribution in [0.5, 0.6) is 0 Å². The van der Waals surface area contributed by atoms with E-state index in [0.717, 1.165) is 25.6 Å². The number of rotatable bonds is 3. The predicted molar refractivity (Wildman–Crippen MR) is 82.2 cm³/mol. The smallest absolute Gasteiger partial charge is 0.337 e. The predicted octanol–water partition coefficient (Wildman–Crippen LogP) is 1.86. The number of benzene rings is 1. The molecule has 2 aliphatic rings. The van der Waals surface area contributed by atoms with Crippen LogP contribution in [0.15, 0.2) is 24.3 Å². The van der Waals surface area contributed by atoms with Crippen LogP contribution < -0.4 is 0 Å². The van der Waals surface area contributed by atoms with E-state index in [-0.39, 0.29) is 5.97 Å². The zero-order valence-electron chi connectivity index (χ0n) is 13.1. The van der Waals surface area contributed by atoms with E-state index in [2.05, 4.69) is 29.8 Å². The maximum Gasteiger partial charge on any atom is 0.337 e. The molecule has 0 amide bonds. The molecule has 0 spiro atoms. The highest BCUT2D eigenvalue weighted by molar-refractivity contribution is 5.89. The quantitative estimate of drug-likeness (QED) is 0.795. The van der Waals surface area contributed by atoms with Gasteiger partial charge in [-0.3, -0.25) is 4.90 Å². The zero-order valence-corrected chi connectivity index (χ0v) is 13.1. The van der Waals surface area contributed by atoms with Crippen LogP contribution in [-0.4, -0.2) is 56.1 Å². The van der Waals surface area contributed by atoms with Crippen LogP contribution >= 0.6 is 0 Å². The van der Waals surface area contributed by atoms with Crippen LogP contribution in [0, 0.1) is 11.3 Å². The van der Waals surface area contributed by atoms with Gasteiger partial charge in [-0.05, 0) is 36.1 Å². The van der Waals surface area contributed by atoms with Gasteiger partial charge in [0.25, 0.3) is 0 Å².